The summed E-state index contributed by atoms with van der Waals surface area (Å²) < 4.78 is 21.8. The summed E-state index contributed by atoms with van der Waals surface area (Å²) in [6, 6.07) is -0.233. The summed E-state index contributed by atoms with van der Waals surface area (Å²) in [6.45, 7) is 5.19. The summed E-state index contributed by atoms with van der Waals surface area (Å²) in [5.41, 5.74) is 0. The van der Waals surface area contributed by atoms with Crippen molar-refractivity contribution in [1.29, 1.82) is 0 Å². The lowest BCUT2D eigenvalue weighted by Gasteiger charge is -2.24. The van der Waals surface area contributed by atoms with Crippen LogP contribution in [0.2, 0.25) is 0 Å². The van der Waals surface area contributed by atoms with E-state index in [2.05, 4.69) is 5.32 Å². The lowest BCUT2D eigenvalue weighted by Crippen LogP contribution is -2.45. The van der Waals surface area contributed by atoms with Crippen molar-refractivity contribution in [3.8, 4) is 0 Å². The molecular weight excluding hydrogens is 218 g/mol. The minimum absolute atomic E-state index is 0.0140. The van der Waals surface area contributed by atoms with Gasteiger partial charge in [0.25, 0.3) is 0 Å². The highest BCUT2D eigenvalue weighted by Gasteiger charge is 2.30. The van der Waals surface area contributed by atoms with Crippen LogP contribution >= 0.6 is 0 Å². The van der Waals surface area contributed by atoms with Crippen LogP contribution < -0.4 is 5.32 Å². The van der Waals surface area contributed by atoms with Crippen LogP contribution in [0.5, 0.6) is 0 Å². The minimum atomic E-state index is -3.14. The van der Waals surface area contributed by atoms with Crippen LogP contribution in [0.25, 0.3) is 0 Å². The summed E-state index contributed by atoms with van der Waals surface area (Å²) in [6.07, 6.45) is 1.16. The number of aliphatic carboxylic acids is 1. The van der Waals surface area contributed by atoms with E-state index in [9.17, 15) is 13.2 Å². The van der Waals surface area contributed by atoms with E-state index in [1.807, 2.05) is 0 Å². The number of carbonyl (C=O) groups is 1. The number of carboxylic acid groups (broad SMARTS) is 1. The van der Waals surface area contributed by atoms with Crippen LogP contribution in [-0.2, 0) is 14.6 Å². The van der Waals surface area contributed by atoms with Crippen molar-refractivity contribution >= 4 is 15.8 Å². The monoisotopic (exact) mass is 237 g/mol. The Morgan fingerprint density at radius 3 is 2.27 bits per heavy atom. The molecule has 0 aromatic carbocycles. The maximum absolute atomic E-state index is 11.3. The van der Waals surface area contributed by atoms with Crippen molar-refractivity contribution in [3.05, 3.63) is 0 Å². The Hall–Kier alpha value is -0.620. The van der Waals surface area contributed by atoms with E-state index in [0.29, 0.717) is 0 Å². The molecule has 0 radical (unpaired) electrons. The largest absolute Gasteiger partial charge is 0.481 e. The first-order chi connectivity index (χ1) is 6.56. The third-order valence-corrected chi connectivity index (χ3v) is 4.51. The van der Waals surface area contributed by atoms with Crippen LogP contribution in [0.1, 0.15) is 27.2 Å². The minimum Gasteiger partial charge on any atom is -0.481 e. The molecule has 0 aliphatic rings. The predicted molar refractivity (Wildman–Crippen MR) is 58.6 cm³/mol. The average Bonchev–Trinajstić information content (AvgIpc) is 1.97. The molecule has 0 aliphatic heterocycles. The molecule has 1 atom stereocenters. The molecule has 0 aromatic rings. The number of carboxylic acids is 1. The second kappa shape index (κ2) is 4.94. The lowest BCUT2D eigenvalue weighted by atomic mass is 10.1. The van der Waals surface area contributed by atoms with Crippen LogP contribution in [0.4, 0.5) is 0 Å². The Balaban J connectivity index is 4.22. The van der Waals surface area contributed by atoms with Gasteiger partial charge in [-0.15, -0.1) is 0 Å². The van der Waals surface area contributed by atoms with Crippen LogP contribution in [0, 0.1) is 0 Å². The molecule has 90 valence electrons. The molecule has 0 aromatic heterocycles. The Kier molecular flexibility index (Phi) is 4.73. The predicted octanol–water partition coefficient (Wildman–Crippen LogP) is 0.262. The van der Waals surface area contributed by atoms with Crippen molar-refractivity contribution < 1.29 is 18.3 Å². The second-order valence-electron chi connectivity index (χ2n) is 4.41. The summed E-state index contributed by atoms with van der Waals surface area (Å²) >= 11 is 0. The van der Waals surface area contributed by atoms with Gasteiger partial charge in [0, 0.05) is 18.8 Å². The first kappa shape index (κ1) is 14.4. The van der Waals surface area contributed by atoms with Crippen molar-refractivity contribution in [2.45, 2.75) is 38.0 Å². The molecule has 0 saturated heterocycles. The van der Waals surface area contributed by atoms with E-state index >= 15 is 0 Å². The molecule has 0 heterocycles. The zero-order valence-electron chi connectivity index (χ0n) is 9.57. The van der Waals surface area contributed by atoms with Gasteiger partial charge in [-0.05, 0) is 20.8 Å². The summed E-state index contributed by atoms with van der Waals surface area (Å²) in [5.74, 6) is -0.896. The summed E-state index contributed by atoms with van der Waals surface area (Å²) in [5, 5.41) is 11.4. The fourth-order valence-electron chi connectivity index (χ4n) is 0.885. The Bertz CT molecular complexity index is 321. The number of hydrogen-bond acceptors (Lipinski definition) is 4. The van der Waals surface area contributed by atoms with Crippen molar-refractivity contribution in [2.24, 2.45) is 0 Å². The van der Waals surface area contributed by atoms with Gasteiger partial charge >= 0.3 is 5.97 Å². The standard InChI is InChI=1S/C9H19NO4S/c1-7(5-8(11)12)10-6-9(2,3)15(4,13)14/h7,10H,5-6H2,1-4H3,(H,11,12). The molecule has 0 spiro atoms. The van der Waals surface area contributed by atoms with Gasteiger partial charge in [0.15, 0.2) is 9.84 Å². The third-order valence-electron chi connectivity index (χ3n) is 2.36. The van der Waals surface area contributed by atoms with E-state index in [0.717, 1.165) is 0 Å². The smallest absolute Gasteiger partial charge is 0.304 e. The molecule has 1 unspecified atom stereocenters. The Morgan fingerprint density at radius 2 is 1.93 bits per heavy atom. The molecule has 6 heteroatoms. The topological polar surface area (TPSA) is 83.5 Å². The van der Waals surface area contributed by atoms with Crippen molar-refractivity contribution in [2.75, 3.05) is 12.8 Å². The van der Waals surface area contributed by atoms with E-state index in [1.54, 1.807) is 20.8 Å². The van der Waals surface area contributed by atoms with Gasteiger partial charge in [0.05, 0.1) is 11.2 Å². The number of sulfone groups is 1. The van der Waals surface area contributed by atoms with Gasteiger partial charge in [-0.3, -0.25) is 4.79 Å². The first-order valence-electron chi connectivity index (χ1n) is 4.71. The fourth-order valence-corrected chi connectivity index (χ4v) is 1.23. The highest BCUT2D eigenvalue weighted by Crippen LogP contribution is 2.13. The number of rotatable bonds is 6. The van der Waals surface area contributed by atoms with Gasteiger partial charge in [0.2, 0.25) is 0 Å². The molecule has 15 heavy (non-hydrogen) atoms. The van der Waals surface area contributed by atoms with Crippen LogP contribution in [0.3, 0.4) is 0 Å². The van der Waals surface area contributed by atoms with E-state index in [1.165, 1.54) is 6.26 Å². The highest BCUT2D eigenvalue weighted by atomic mass is 32.2. The fraction of sp³-hybridized carbons (Fsp3) is 0.889. The molecule has 0 aliphatic carbocycles. The average molecular weight is 237 g/mol. The maximum atomic E-state index is 11.3. The Labute approximate surface area is 90.8 Å². The normalized spacial score (nSPS) is 14.9. The Morgan fingerprint density at radius 1 is 1.47 bits per heavy atom. The van der Waals surface area contributed by atoms with E-state index in [4.69, 9.17) is 5.11 Å². The highest BCUT2D eigenvalue weighted by molar-refractivity contribution is 7.92. The summed E-state index contributed by atoms with van der Waals surface area (Å²) in [7, 11) is -3.14. The molecule has 0 rings (SSSR count). The molecule has 2 N–H and O–H groups in total. The number of hydrogen-bond donors (Lipinski definition) is 2. The molecule has 5 nitrogen and oxygen atoms in total. The lowest BCUT2D eigenvalue weighted by molar-refractivity contribution is -0.137. The van der Waals surface area contributed by atoms with E-state index in [-0.39, 0.29) is 19.0 Å². The van der Waals surface area contributed by atoms with Crippen LogP contribution in [-0.4, -0.2) is 43.1 Å². The molecule has 0 saturated carbocycles. The zero-order chi connectivity index (χ0) is 12.3. The van der Waals surface area contributed by atoms with Crippen molar-refractivity contribution in [1.82, 2.24) is 5.32 Å². The number of nitrogens with one attached hydrogen (secondary N) is 1. The van der Waals surface area contributed by atoms with Gasteiger partial charge in [-0.25, -0.2) is 8.42 Å². The van der Waals surface area contributed by atoms with Gasteiger partial charge in [-0.1, -0.05) is 0 Å². The third kappa shape index (κ3) is 5.13. The van der Waals surface area contributed by atoms with Crippen LogP contribution in [0.15, 0.2) is 0 Å². The van der Waals surface area contributed by atoms with Gasteiger partial charge in [-0.2, -0.15) is 0 Å². The van der Waals surface area contributed by atoms with Crippen molar-refractivity contribution in [3.63, 3.8) is 0 Å². The molecule has 0 bridgehead atoms. The first-order valence-corrected chi connectivity index (χ1v) is 6.60. The zero-order valence-corrected chi connectivity index (χ0v) is 10.4. The van der Waals surface area contributed by atoms with Gasteiger partial charge in [0.1, 0.15) is 0 Å². The maximum Gasteiger partial charge on any atom is 0.304 e. The van der Waals surface area contributed by atoms with E-state index < -0.39 is 20.6 Å². The molecular formula is C9H19NO4S. The van der Waals surface area contributed by atoms with Gasteiger partial charge < -0.3 is 10.4 Å². The molecule has 0 fully saturated rings. The summed E-state index contributed by atoms with van der Waals surface area (Å²) in [4.78, 5) is 10.4. The quantitative estimate of drug-likeness (QED) is 0.692. The molecule has 0 amide bonds. The second-order valence-corrected chi connectivity index (χ2v) is 7.06. The SMILES string of the molecule is CC(CC(=O)O)NCC(C)(C)S(C)(=O)=O.